The van der Waals surface area contributed by atoms with Crippen LogP contribution in [0.1, 0.15) is 5.56 Å². The molecule has 0 saturated heterocycles. The van der Waals surface area contributed by atoms with Crippen LogP contribution in [0.2, 0.25) is 0 Å². The minimum Gasteiger partial charge on any atom is -0.299 e. The Morgan fingerprint density at radius 1 is 1.21 bits per heavy atom. The largest absolute Gasteiger partial charge is 0.299 e. The van der Waals surface area contributed by atoms with E-state index >= 15 is 0 Å². The third kappa shape index (κ3) is 2.05. The van der Waals surface area contributed by atoms with Crippen molar-refractivity contribution in [2.45, 2.75) is 6.92 Å². The average molecular weight is 249 g/mol. The van der Waals surface area contributed by atoms with E-state index in [1.54, 1.807) is 18.5 Å². The summed E-state index contributed by atoms with van der Waals surface area (Å²) < 4.78 is 2.01. The normalized spacial score (nSPS) is 10.4. The first-order chi connectivity index (χ1) is 9.28. The first-order valence-corrected chi connectivity index (χ1v) is 5.90. The summed E-state index contributed by atoms with van der Waals surface area (Å²) in [7, 11) is 0. The van der Waals surface area contributed by atoms with Gasteiger partial charge in [-0.3, -0.25) is 4.57 Å². The number of imidazole rings is 1. The fourth-order valence-corrected chi connectivity index (χ4v) is 2.11. The highest BCUT2D eigenvalue weighted by Gasteiger charge is 2.05. The Morgan fingerprint density at radius 3 is 2.89 bits per heavy atom. The van der Waals surface area contributed by atoms with Crippen molar-refractivity contribution in [3.8, 4) is 5.69 Å². The van der Waals surface area contributed by atoms with Gasteiger partial charge in [0, 0.05) is 5.69 Å². The second-order valence-corrected chi connectivity index (χ2v) is 4.33. The molecule has 2 aromatic carbocycles. The fourth-order valence-electron chi connectivity index (χ4n) is 2.11. The lowest BCUT2D eigenvalue weighted by Crippen LogP contribution is -1.91. The molecule has 0 atom stereocenters. The summed E-state index contributed by atoms with van der Waals surface area (Å²) in [5, 5.41) is 0. The molecule has 3 aromatic rings. The zero-order valence-corrected chi connectivity index (χ0v) is 10.4. The summed E-state index contributed by atoms with van der Waals surface area (Å²) in [6.07, 6.45) is 3.31. The van der Waals surface area contributed by atoms with E-state index in [1.807, 2.05) is 22.8 Å². The quantitative estimate of drug-likeness (QED) is 0.516. The highest BCUT2D eigenvalue weighted by molar-refractivity contribution is 5.81. The summed E-state index contributed by atoms with van der Waals surface area (Å²) in [5.74, 6) is 0. The molecular weight excluding hydrogens is 238 g/mol. The van der Waals surface area contributed by atoms with Gasteiger partial charge in [-0.2, -0.15) is 4.99 Å². The zero-order chi connectivity index (χ0) is 13.2. The number of nitrogens with zero attached hydrogens (tertiary/aromatic N) is 3. The molecule has 0 N–H and O–H groups in total. The molecule has 3 rings (SSSR count). The van der Waals surface area contributed by atoms with E-state index in [2.05, 4.69) is 29.0 Å². The van der Waals surface area contributed by atoms with Crippen molar-refractivity contribution in [2.24, 2.45) is 4.99 Å². The van der Waals surface area contributed by atoms with Gasteiger partial charge in [0.05, 0.1) is 16.7 Å². The number of aryl methyl sites for hydroxylation is 1. The molecule has 4 nitrogen and oxygen atoms in total. The summed E-state index contributed by atoms with van der Waals surface area (Å²) in [6, 6.07) is 13.7. The van der Waals surface area contributed by atoms with Crippen LogP contribution in [0.25, 0.3) is 16.7 Å². The number of carbonyl (C=O) groups excluding carboxylic acids is 1. The van der Waals surface area contributed by atoms with Crippen molar-refractivity contribution < 1.29 is 4.79 Å². The van der Waals surface area contributed by atoms with Gasteiger partial charge in [0.2, 0.25) is 6.08 Å². The van der Waals surface area contributed by atoms with Crippen LogP contribution in [-0.4, -0.2) is 15.6 Å². The van der Waals surface area contributed by atoms with Gasteiger partial charge in [0.15, 0.2) is 0 Å². The number of aliphatic imine (C=N–C) groups is 1. The van der Waals surface area contributed by atoms with E-state index in [0.717, 1.165) is 16.7 Å². The smallest absolute Gasteiger partial charge is 0.240 e. The van der Waals surface area contributed by atoms with Crippen LogP contribution >= 0.6 is 0 Å². The predicted octanol–water partition coefficient (Wildman–Crippen LogP) is 3.30. The van der Waals surface area contributed by atoms with Gasteiger partial charge in [0.25, 0.3) is 0 Å². The number of isocyanates is 1. The molecule has 0 amide bonds. The molecule has 0 fully saturated rings. The Balaban J connectivity index is 2.18. The van der Waals surface area contributed by atoms with Gasteiger partial charge in [-0.15, -0.1) is 0 Å². The number of hydrogen-bond donors (Lipinski definition) is 0. The number of hydrogen-bond acceptors (Lipinski definition) is 3. The number of fused-ring (bicyclic) bond motifs is 1. The Morgan fingerprint density at radius 2 is 2.11 bits per heavy atom. The molecule has 92 valence electrons. The van der Waals surface area contributed by atoms with Crippen LogP contribution < -0.4 is 0 Å². The molecule has 0 spiro atoms. The molecule has 1 aromatic heterocycles. The van der Waals surface area contributed by atoms with Crippen molar-refractivity contribution in [2.75, 3.05) is 0 Å². The molecule has 0 aliphatic rings. The van der Waals surface area contributed by atoms with E-state index in [4.69, 9.17) is 0 Å². The third-order valence-electron chi connectivity index (χ3n) is 2.99. The van der Waals surface area contributed by atoms with Crippen LogP contribution in [0.15, 0.2) is 53.8 Å². The average Bonchev–Trinajstić information content (AvgIpc) is 2.82. The molecule has 0 bridgehead atoms. The lowest BCUT2D eigenvalue weighted by atomic mass is 10.2. The van der Waals surface area contributed by atoms with Crippen molar-refractivity contribution in [3.05, 3.63) is 54.4 Å². The van der Waals surface area contributed by atoms with Gasteiger partial charge >= 0.3 is 0 Å². The Labute approximate surface area is 110 Å². The molecule has 0 saturated carbocycles. The monoisotopic (exact) mass is 249 g/mol. The molecule has 0 unspecified atom stereocenters. The van der Waals surface area contributed by atoms with Gasteiger partial charge in [-0.05, 0) is 42.8 Å². The molecule has 19 heavy (non-hydrogen) atoms. The fraction of sp³-hybridized carbons (Fsp3) is 0.0667. The second-order valence-electron chi connectivity index (χ2n) is 4.33. The minimum absolute atomic E-state index is 0.567. The van der Waals surface area contributed by atoms with Gasteiger partial charge < -0.3 is 0 Å². The molecule has 4 heteroatoms. The van der Waals surface area contributed by atoms with Gasteiger partial charge in [-0.25, -0.2) is 9.78 Å². The topological polar surface area (TPSA) is 47.2 Å². The first kappa shape index (κ1) is 11.4. The predicted molar refractivity (Wildman–Crippen MR) is 73.6 cm³/mol. The maximum atomic E-state index is 10.3. The minimum atomic E-state index is 0.567. The second kappa shape index (κ2) is 4.52. The van der Waals surface area contributed by atoms with Gasteiger partial charge in [0.1, 0.15) is 6.33 Å². The van der Waals surface area contributed by atoms with E-state index < -0.39 is 0 Å². The van der Waals surface area contributed by atoms with Gasteiger partial charge in [-0.1, -0.05) is 12.1 Å². The molecule has 0 aliphatic heterocycles. The number of aromatic nitrogens is 2. The highest BCUT2D eigenvalue weighted by atomic mass is 16.1. The molecule has 0 aliphatic carbocycles. The molecule has 0 radical (unpaired) electrons. The van der Waals surface area contributed by atoms with E-state index in [-0.39, 0.29) is 0 Å². The third-order valence-corrected chi connectivity index (χ3v) is 2.99. The molecular formula is C15H11N3O. The van der Waals surface area contributed by atoms with E-state index in [0.29, 0.717) is 5.69 Å². The molecule has 1 heterocycles. The zero-order valence-electron chi connectivity index (χ0n) is 10.4. The SMILES string of the molecule is Cc1cccc(-n2cnc3cc(N=C=O)ccc32)c1. The van der Waals surface area contributed by atoms with Crippen molar-refractivity contribution in [1.82, 2.24) is 9.55 Å². The highest BCUT2D eigenvalue weighted by Crippen LogP contribution is 2.23. The standard InChI is InChI=1S/C15H11N3O/c1-11-3-2-4-13(7-11)18-9-16-14-8-12(17-10-19)5-6-15(14)18/h2-9H,1H3. The summed E-state index contributed by atoms with van der Waals surface area (Å²) in [4.78, 5) is 18.2. The lowest BCUT2D eigenvalue weighted by Gasteiger charge is -2.05. The summed E-state index contributed by atoms with van der Waals surface area (Å²) >= 11 is 0. The maximum Gasteiger partial charge on any atom is 0.240 e. The van der Waals surface area contributed by atoms with Crippen LogP contribution in [0.4, 0.5) is 5.69 Å². The van der Waals surface area contributed by atoms with Crippen LogP contribution in [0.5, 0.6) is 0 Å². The van der Waals surface area contributed by atoms with Crippen molar-refractivity contribution >= 4 is 22.8 Å². The van der Waals surface area contributed by atoms with Crippen molar-refractivity contribution in [3.63, 3.8) is 0 Å². The first-order valence-electron chi connectivity index (χ1n) is 5.90. The lowest BCUT2D eigenvalue weighted by molar-refractivity contribution is 0.565. The number of rotatable bonds is 2. The number of benzene rings is 2. The van der Waals surface area contributed by atoms with E-state index in [9.17, 15) is 4.79 Å². The summed E-state index contributed by atoms with van der Waals surface area (Å²) in [6.45, 7) is 2.06. The Bertz CT molecular complexity index is 798. The van der Waals surface area contributed by atoms with Crippen molar-refractivity contribution in [1.29, 1.82) is 0 Å². The Kier molecular flexibility index (Phi) is 2.71. The van der Waals surface area contributed by atoms with Crippen LogP contribution in [0.3, 0.4) is 0 Å². The Hall–Kier alpha value is -2.71. The maximum absolute atomic E-state index is 10.3. The van der Waals surface area contributed by atoms with Crippen LogP contribution in [-0.2, 0) is 4.79 Å². The summed E-state index contributed by atoms with van der Waals surface area (Å²) in [5.41, 5.74) is 4.61. The van der Waals surface area contributed by atoms with Crippen LogP contribution in [0, 0.1) is 6.92 Å². The van der Waals surface area contributed by atoms with E-state index in [1.165, 1.54) is 11.6 Å².